The van der Waals surface area contributed by atoms with Crippen LogP contribution in [0.1, 0.15) is 22.8 Å². The third kappa shape index (κ3) is 4.61. The Balaban J connectivity index is 1.82. The molecule has 3 aromatic rings. The highest BCUT2D eigenvalue weighted by Crippen LogP contribution is 2.31. The topological polar surface area (TPSA) is 131 Å². The standard InChI is InChI=1S/C20H20N6O4/c1-3-13-8-10-14(11-9-13)23-18-17(26(28)29)19(22-12-21-18)24-25-20(27)15-6-4-5-7-16(15)30-2/h4-12H,3H2,1-2H3,(H,25,27)(H2,21,22,23,24). The average Bonchev–Trinajstić information content (AvgIpc) is 2.77. The fraction of sp³-hybridized carbons (Fsp3) is 0.150. The minimum absolute atomic E-state index is 0.00621. The number of hydrazine groups is 1. The first-order valence-electron chi connectivity index (χ1n) is 9.08. The number of aryl methyl sites for hydroxylation is 1. The predicted molar refractivity (Wildman–Crippen MR) is 112 cm³/mol. The molecular formula is C20H20N6O4. The normalized spacial score (nSPS) is 10.2. The summed E-state index contributed by atoms with van der Waals surface area (Å²) in [6.45, 7) is 2.04. The molecule has 0 spiro atoms. The third-order valence-corrected chi connectivity index (χ3v) is 4.28. The van der Waals surface area contributed by atoms with Crippen LogP contribution in [-0.4, -0.2) is 27.9 Å². The van der Waals surface area contributed by atoms with E-state index in [1.54, 1.807) is 36.4 Å². The van der Waals surface area contributed by atoms with E-state index in [1.165, 1.54) is 7.11 Å². The minimum atomic E-state index is -0.625. The van der Waals surface area contributed by atoms with Crippen LogP contribution in [-0.2, 0) is 6.42 Å². The highest BCUT2D eigenvalue weighted by Gasteiger charge is 2.24. The summed E-state index contributed by atoms with van der Waals surface area (Å²) in [5.41, 5.74) is 6.53. The van der Waals surface area contributed by atoms with Gasteiger partial charge in [0.15, 0.2) is 0 Å². The third-order valence-electron chi connectivity index (χ3n) is 4.28. The van der Waals surface area contributed by atoms with Crippen molar-refractivity contribution in [2.75, 3.05) is 17.9 Å². The van der Waals surface area contributed by atoms with Crippen LogP contribution in [0, 0.1) is 10.1 Å². The Kier molecular flexibility index (Phi) is 6.38. The monoisotopic (exact) mass is 408 g/mol. The molecule has 0 saturated carbocycles. The molecular weight excluding hydrogens is 388 g/mol. The van der Waals surface area contributed by atoms with E-state index in [4.69, 9.17) is 4.74 Å². The van der Waals surface area contributed by atoms with Gasteiger partial charge in [0.25, 0.3) is 5.91 Å². The number of anilines is 3. The van der Waals surface area contributed by atoms with Crippen molar-refractivity contribution in [3.8, 4) is 5.75 Å². The van der Waals surface area contributed by atoms with Gasteiger partial charge in [-0.2, -0.15) is 0 Å². The maximum Gasteiger partial charge on any atom is 0.355 e. The lowest BCUT2D eigenvalue weighted by atomic mass is 10.1. The number of nitrogens with zero attached hydrogens (tertiary/aromatic N) is 3. The Morgan fingerprint density at radius 1 is 1.10 bits per heavy atom. The number of carbonyl (C=O) groups excluding carboxylic acids is 1. The number of para-hydroxylation sites is 1. The molecule has 0 aliphatic heterocycles. The summed E-state index contributed by atoms with van der Waals surface area (Å²) in [7, 11) is 1.44. The summed E-state index contributed by atoms with van der Waals surface area (Å²) in [6, 6.07) is 14.1. The van der Waals surface area contributed by atoms with Gasteiger partial charge in [0.2, 0.25) is 11.6 Å². The molecule has 1 amide bonds. The molecule has 1 heterocycles. The first-order valence-corrected chi connectivity index (χ1v) is 9.08. The number of benzene rings is 2. The van der Waals surface area contributed by atoms with Crippen molar-refractivity contribution < 1.29 is 14.5 Å². The van der Waals surface area contributed by atoms with E-state index in [2.05, 4.69) is 26.1 Å². The van der Waals surface area contributed by atoms with Gasteiger partial charge in [-0.05, 0) is 36.2 Å². The maximum absolute atomic E-state index is 12.4. The molecule has 0 atom stereocenters. The van der Waals surface area contributed by atoms with Gasteiger partial charge in [-0.1, -0.05) is 31.2 Å². The molecule has 3 N–H and O–H groups in total. The lowest BCUT2D eigenvalue weighted by molar-refractivity contribution is -0.383. The van der Waals surface area contributed by atoms with Crippen molar-refractivity contribution in [2.24, 2.45) is 0 Å². The van der Waals surface area contributed by atoms with Gasteiger partial charge < -0.3 is 10.1 Å². The summed E-state index contributed by atoms with van der Waals surface area (Å²) < 4.78 is 5.15. The van der Waals surface area contributed by atoms with Crippen molar-refractivity contribution in [1.29, 1.82) is 0 Å². The number of hydrogen-bond donors (Lipinski definition) is 3. The molecule has 30 heavy (non-hydrogen) atoms. The Morgan fingerprint density at radius 2 is 1.80 bits per heavy atom. The number of hydrogen-bond acceptors (Lipinski definition) is 8. The Labute approximate surface area is 172 Å². The number of nitro groups is 1. The summed E-state index contributed by atoms with van der Waals surface area (Å²) >= 11 is 0. The van der Waals surface area contributed by atoms with Crippen molar-refractivity contribution >= 4 is 28.9 Å². The van der Waals surface area contributed by atoms with Crippen LogP contribution in [0.5, 0.6) is 5.75 Å². The molecule has 0 radical (unpaired) electrons. The molecule has 2 aromatic carbocycles. The second-order valence-electron chi connectivity index (χ2n) is 6.13. The van der Waals surface area contributed by atoms with E-state index in [0.29, 0.717) is 11.4 Å². The van der Waals surface area contributed by atoms with E-state index in [1.807, 2.05) is 19.1 Å². The summed E-state index contributed by atoms with van der Waals surface area (Å²) in [6.07, 6.45) is 2.04. The number of aromatic nitrogens is 2. The summed E-state index contributed by atoms with van der Waals surface area (Å²) in [4.78, 5) is 31.3. The van der Waals surface area contributed by atoms with Gasteiger partial charge in [-0.25, -0.2) is 9.97 Å². The molecule has 154 valence electrons. The second-order valence-corrected chi connectivity index (χ2v) is 6.13. The number of carbonyl (C=O) groups is 1. The largest absolute Gasteiger partial charge is 0.496 e. The van der Waals surface area contributed by atoms with Gasteiger partial charge >= 0.3 is 5.69 Å². The molecule has 0 fully saturated rings. The smallest absolute Gasteiger partial charge is 0.355 e. The zero-order valence-corrected chi connectivity index (χ0v) is 16.4. The first-order chi connectivity index (χ1) is 14.5. The van der Waals surface area contributed by atoms with Crippen LogP contribution >= 0.6 is 0 Å². The molecule has 0 saturated heterocycles. The molecule has 0 unspecified atom stereocenters. The van der Waals surface area contributed by atoms with E-state index in [9.17, 15) is 14.9 Å². The van der Waals surface area contributed by atoms with Gasteiger partial charge in [-0.3, -0.25) is 25.8 Å². The van der Waals surface area contributed by atoms with Crippen LogP contribution in [0.25, 0.3) is 0 Å². The zero-order valence-electron chi connectivity index (χ0n) is 16.4. The van der Waals surface area contributed by atoms with Crippen molar-refractivity contribution in [3.63, 3.8) is 0 Å². The van der Waals surface area contributed by atoms with Crippen molar-refractivity contribution in [3.05, 3.63) is 76.1 Å². The number of rotatable bonds is 8. The van der Waals surface area contributed by atoms with E-state index < -0.39 is 16.5 Å². The molecule has 3 rings (SSSR count). The zero-order chi connectivity index (χ0) is 21.5. The molecule has 1 aromatic heterocycles. The van der Waals surface area contributed by atoms with Gasteiger partial charge in [-0.15, -0.1) is 0 Å². The Bertz CT molecular complexity index is 1060. The number of ether oxygens (including phenoxy) is 1. The molecule has 0 aliphatic rings. The summed E-state index contributed by atoms with van der Waals surface area (Å²) in [5, 5.41) is 14.6. The van der Waals surface area contributed by atoms with Crippen molar-refractivity contribution in [1.82, 2.24) is 15.4 Å². The highest BCUT2D eigenvalue weighted by atomic mass is 16.6. The van der Waals surface area contributed by atoms with Gasteiger partial charge in [0, 0.05) is 5.69 Å². The second kappa shape index (κ2) is 9.32. The predicted octanol–water partition coefficient (Wildman–Crippen LogP) is 3.46. The molecule has 0 bridgehead atoms. The van der Waals surface area contributed by atoms with E-state index >= 15 is 0 Å². The minimum Gasteiger partial charge on any atom is -0.496 e. The average molecular weight is 408 g/mol. The lowest BCUT2D eigenvalue weighted by Gasteiger charge is -2.12. The van der Waals surface area contributed by atoms with Crippen molar-refractivity contribution in [2.45, 2.75) is 13.3 Å². The fourth-order valence-corrected chi connectivity index (χ4v) is 2.71. The molecule has 10 heteroatoms. The Morgan fingerprint density at radius 3 is 2.47 bits per heavy atom. The lowest BCUT2D eigenvalue weighted by Crippen LogP contribution is -2.30. The van der Waals surface area contributed by atoms with Crippen LogP contribution in [0.4, 0.5) is 23.0 Å². The van der Waals surface area contributed by atoms with Crippen LogP contribution in [0.2, 0.25) is 0 Å². The van der Waals surface area contributed by atoms with Gasteiger partial charge in [0.1, 0.15) is 12.1 Å². The number of amides is 1. The molecule has 0 aliphatic carbocycles. The van der Waals surface area contributed by atoms with Gasteiger partial charge in [0.05, 0.1) is 17.6 Å². The SMILES string of the molecule is CCc1ccc(Nc2ncnc(NNC(=O)c3ccccc3OC)c2[N+](=O)[O-])cc1. The quantitative estimate of drug-likeness (QED) is 0.381. The maximum atomic E-state index is 12.4. The summed E-state index contributed by atoms with van der Waals surface area (Å²) in [5.74, 6) is -0.337. The fourth-order valence-electron chi connectivity index (χ4n) is 2.71. The van der Waals surface area contributed by atoms with Crippen LogP contribution in [0.3, 0.4) is 0 Å². The first kappa shape index (κ1) is 20.5. The van der Waals surface area contributed by atoms with E-state index in [-0.39, 0.29) is 17.2 Å². The number of methoxy groups -OCH3 is 1. The van der Waals surface area contributed by atoms with E-state index in [0.717, 1.165) is 18.3 Å². The Hall–Kier alpha value is -4.21. The van der Waals surface area contributed by atoms with Crippen LogP contribution < -0.4 is 20.9 Å². The van der Waals surface area contributed by atoms with Crippen LogP contribution in [0.15, 0.2) is 54.9 Å². The molecule has 10 nitrogen and oxygen atoms in total. The number of nitrogens with one attached hydrogen (secondary N) is 3. The highest BCUT2D eigenvalue weighted by molar-refractivity contribution is 5.97.